The van der Waals surface area contributed by atoms with Crippen molar-refractivity contribution in [3.8, 4) is 0 Å². The highest BCUT2D eigenvalue weighted by atomic mass is 19.1. The van der Waals surface area contributed by atoms with Crippen LogP contribution < -0.4 is 0 Å². The number of aliphatic hydroxyl groups is 2. The molecular weight excluding hydrogens is 211 g/mol. The summed E-state index contributed by atoms with van der Waals surface area (Å²) in [7, 11) is 0. The minimum Gasteiger partial charge on any atom is -0.455 e. The summed E-state index contributed by atoms with van der Waals surface area (Å²) in [5.74, 6) is -0.0911. The SMILES string of the molecule is OCCCC(O)c1cc2cccc(F)c2o1. The largest absolute Gasteiger partial charge is 0.455 e. The average Bonchev–Trinajstić information content (AvgIpc) is 2.71. The van der Waals surface area contributed by atoms with Crippen molar-refractivity contribution in [3.05, 3.63) is 35.8 Å². The fourth-order valence-corrected chi connectivity index (χ4v) is 1.64. The Bertz CT molecular complexity index is 478. The van der Waals surface area contributed by atoms with E-state index in [1.165, 1.54) is 6.07 Å². The predicted octanol–water partition coefficient (Wildman–Crippen LogP) is 2.38. The number of halogens is 1. The summed E-state index contributed by atoms with van der Waals surface area (Å²) in [5, 5.41) is 19.0. The molecule has 2 N–H and O–H groups in total. The third-order valence-electron chi connectivity index (χ3n) is 2.48. The summed E-state index contributed by atoms with van der Waals surface area (Å²) >= 11 is 0. The van der Waals surface area contributed by atoms with Gasteiger partial charge in [-0.1, -0.05) is 12.1 Å². The zero-order valence-electron chi connectivity index (χ0n) is 8.69. The van der Waals surface area contributed by atoms with E-state index in [-0.39, 0.29) is 12.2 Å². The molecular formula is C12H13FO3. The summed E-state index contributed by atoms with van der Waals surface area (Å²) in [4.78, 5) is 0. The summed E-state index contributed by atoms with van der Waals surface area (Å²) in [6, 6.07) is 6.26. The smallest absolute Gasteiger partial charge is 0.170 e. The van der Waals surface area contributed by atoms with E-state index in [0.717, 1.165) is 0 Å². The number of furan rings is 1. The zero-order chi connectivity index (χ0) is 11.5. The molecule has 86 valence electrons. The topological polar surface area (TPSA) is 53.6 Å². The third-order valence-corrected chi connectivity index (χ3v) is 2.48. The molecule has 1 atom stereocenters. The van der Waals surface area contributed by atoms with Gasteiger partial charge in [-0.25, -0.2) is 4.39 Å². The van der Waals surface area contributed by atoms with E-state index in [2.05, 4.69) is 0 Å². The van der Waals surface area contributed by atoms with Crippen molar-refractivity contribution in [2.75, 3.05) is 6.61 Å². The van der Waals surface area contributed by atoms with Crippen LogP contribution in [0, 0.1) is 5.82 Å². The first kappa shape index (κ1) is 11.1. The molecule has 1 unspecified atom stereocenters. The van der Waals surface area contributed by atoms with Gasteiger partial charge in [-0.2, -0.15) is 0 Å². The van der Waals surface area contributed by atoms with Gasteiger partial charge in [0.15, 0.2) is 11.4 Å². The Hall–Kier alpha value is -1.39. The Kier molecular flexibility index (Phi) is 3.22. The molecule has 0 aliphatic carbocycles. The molecule has 1 aromatic heterocycles. The van der Waals surface area contributed by atoms with Gasteiger partial charge in [0.1, 0.15) is 11.9 Å². The monoisotopic (exact) mass is 224 g/mol. The second kappa shape index (κ2) is 4.63. The maximum atomic E-state index is 13.3. The molecule has 0 aliphatic heterocycles. The van der Waals surface area contributed by atoms with Crippen molar-refractivity contribution in [3.63, 3.8) is 0 Å². The summed E-state index contributed by atoms with van der Waals surface area (Å²) in [6.45, 7) is 0.0195. The molecule has 0 amide bonds. The van der Waals surface area contributed by atoms with Gasteiger partial charge >= 0.3 is 0 Å². The molecule has 0 aliphatic rings. The van der Waals surface area contributed by atoms with E-state index in [1.54, 1.807) is 18.2 Å². The molecule has 3 nitrogen and oxygen atoms in total. The quantitative estimate of drug-likeness (QED) is 0.838. The van der Waals surface area contributed by atoms with E-state index < -0.39 is 11.9 Å². The number of aliphatic hydroxyl groups excluding tert-OH is 2. The van der Waals surface area contributed by atoms with E-state index in [9.17, 15) is 9.50 Å². The first-order chi connectivity index (χ1) is 7.72. The van der Waals surface area contributed by atoms with Crippen molar-refractivity contribution < 1.29 is 19.0 Å². The van der Waals surface area contributed by atoms with Gasteiger partial charge in [-0.05, 0) is 25.0 Å². The molecule has 0 saturated carbocycles. The molecule has 0 bridgehead atoms. The van der Waals surface area contributed by atoms with Gasteiger partial charge in [-0.3, -0.25) is 0 Å². The van der Waals surface area contributed by atoms with Gasteiger partial charge in [0.05, 0.1) is 0 Å². The average molecular weight is 224 g/mol. The number of fused-ring (bicyclic) bond motifs is 1. The van der Waals surface area contributed by atoms with Crippen molar-refractivity contribution >= 4 is 11.0 Å². The molecule has 2 aromatic rings. The number of para-hydroxylation sites is 1. The first-order valence-corrected chi connectivity index (χ1v) is 5.19. The van der Waals surface area contributed by atoms with Crippen LogP contribution in [-0.2, 0) is 0 Å². The number of benzene rings is 1. The second-order valence-corrected chi connectivity index (χ2v) is 3.69. The highest BCUT2D eigenvalue weighted by Crippen LogP contribution is 2.27. The molecule has 4 heteroatoms. The normalized spacial score (nSPS) is 13.2. The highest BCUT2D eigenvalue weighted by Gasteiger charge is 2.14. The molecule has 1 heterocycles. The molecule has 0 spiro atoms. The van der Waals surface area contributed by atoms with Crippen LogP contribution in [0.1, 0.15) is 24.7 Å². The van der Waals surface area contributed by atoms with Gasteiger partial charge in [0.2, 0.25) is 0 Å². The molecule has 1 aromatic carbocycles. The number of hydrogen-bond donors (Lipinski definition) is 2. The first-order valence-electron chi connectivity index (χ1n) is 5.19. The standard InChI is InChI=1S/C12H13FO3/c13-9-4-1-3-8-7-11(16-12(8)9)10(15)5-2-6-14/h1,3-4,7,10,14-15H,2,5-6H2. The summed E-state index contributed by atoms with van der Waals surface area (Å²) in [6.07, 6.45) is 0.0949. The molecule has 2 rings (SSSR count). The van der Waals surface area contributed by atoms with Crippen molar-refractivity contribution in [1.82, 2.24) is 0 Å². The van der Waals surface area contributed by atoms with E-state index in [4.69, 9.17) is 9.52 Å². The number of hydrogen-bond acceptors (Lipinski definition) is 3. The lowest BCUT2D eigenvalue weighted by atomic mass is 10.1. The molecule has 0 radical (unpaired) electrons. The maximum absolute atomic E-state index is 13.3. The van der Waals surface area contributed by atoms with E-state index in [0.29, 0.717) is 24.0 Å². The lowest BCUT2D eigenvalue weighted by Gasteiger charge is -2.04. The van der Waals surface area contributed by atoms with Crippen molar-refractivity contribution in [2.45, 2.75) is 18.9 Å². The Morgan fingerprint density at radius 2 is 2.19 bits per heavy atom. The van der Waals surface area contributed by atoms with Crippen LogP contribution in [0.3, 0.4) is 0 Å². The Morgan fingerprint density at radius 1 is 1.38 bits per heavy atom. The minimum absolute atomic E-state index is 0.0195. The van der Waals surface area contributed by atoms with Gasteiger partial charge < -0.3 is 14.6 Å². The van der Waals surface area contributed by atoms with Crippen LogP contribution in [0.25, 0.3) is 11.0 Å². The molecule has 0 fully saturated rings. The Morgan fingerprint density at radius 3 is 2.88 bits per heavy atom. The van der Waals surface area contributed by atoms with Crippen LogP contribution in [0.5, 0.6) is 0 Å². The van der Waals surface area contributed by atoms with Crippen molar-refractivity contribution in [1.29, 1.82) is 0 Å². The Balaban J connectivity index is 2.29. The zero-order valence-corrected chi connectivity index (χ0v) is 8.69. The van der Waals surface area contributed by atoms with Crippen LogP contribution in [-0.4, -0.2) is 16.8 Å². The van der Waals surface area contributed by atoms with E-state index in [1.807, 2.05) is 0 Å². The predicted molar refractivity (Wildman–Crippen MR) is 57.5 cm³/mol. The van der Waals surface area contributed by atoms with Crippen LogP contribution in [0.15, 0.2) is 28.7 Å². The summed E-state index contributed by atoms with van der Waals surface area (Å²) in [5.41, 5.74) is 0.167. The molecule has 16 heavy (non-hydrogen) atoms. The summed E-state index contributed by atoms with van der Waals surface area (Å²) < 4.78 is 18.6. The van der Waals surface area contributed by atoms with Crippen LogP contribution in [0.4, 0.5) is 4.39 Å². The van der Waals surface area contributed by atoms with Crippen LogP contribution >= 0.6 is 0 Å². The third kappa shape index (κ3) is 2.08. The Labute approximate surface area is 92.1 Å². The van der Waals surface area contributed by atoms with Crippen LogP contribution in [0.2, 0.25) is 0 Å². The second-order valence-electron chi connectivity index (χ2n) is 3.69. The lowest BCUT2D eigenvalue weighted by Crippen LogP contribution is -1.96. The van der Waals surface area contributed by atoms with Gasteiger partial charge in [-0.15, -0.1) is 0 Å². The lowest BCUT2D eigenvalue weighted by molar-refractivity contribution is 0.130. The van der Waals surface area contributed by atoms with E-state index >= 15 is 0 Å². The fourth-order valence-electron chi connectivity index (χ4n) is 1.64. The van der Waals surface area contributed by atoms with Crippen molar-refractivity contribution in [2.24, 2.45) is 0 Å². The minimum atomic E-state index is -0.793. The highest BCUT2D eigenvalue weighted by molar-refractivity contribution is 5.78. The fraction of sp³-hybridized carbons (Fsp3) is 0.333. The molecule has 0 saturated heterocycles. The van der Waals surface area contributed by atoms with Gasteiger partial charge in [0, 0.05) is 12.0 Å². The number of rotatable bonds is 4. The maximum Gasteiger partial charge on any atom is 0.170 e. The van der Waals surface area contributed by atoms with Gasteiger partial charge in [0.25, 0.3) is 0 Å².